The van der Waals surface area contributed by atoms with Crippen molar-refractivity contribution in [2.75, 3.05) is 44.6 Å². The number of carbonyl (C=O) groups excluding carboxylic acids is 1. The molecule has 4 aromatic carbocycles. The number of benzene rings is 4. The Hall–Kier alpha value is -5.74. The molecular formula is C41H41N6NaO9. The van der Waals surface area contributed by atoms with Gasteiger partial charge in [-0.15, -0.1) is 0 Å². The number of fused-ring (bicyclic) bond motifs is 4. The number of aromatic nitrogens is 4. The van der Waals surface area contributed by atoms with Crippen LogP contribution in [0.3, 0.4) is 0 Å². The third-order valence-electron chi connectivity index (χ3n) is 9.47. The van der Waals surface area contributed by atoms with Gasteiger partial charge in [0.25, 0.3) is 0 Å². The maximum Gasteiger partial charge on any atom is 1.00 e. The van der Waals surface area contributed by atoms with Crippen LogP contribution in [-0.2, 0) is 4.74 Å². The minimum absolute atomic E-state index is 0. The zero-order chi connectivity index (χ0) is 39.0. The largest absolute Gasteiger partial charge is 1.00 e. The Bertz CT molecular complexity index is 2460. The van der Waals surface area contributed by atoms with Gasteiger partial charge in [-0.25, -0.2) is 29.5 Å². The number of aromatic carboxylic acids is 1. The summed E-state index contributed by atoms with van der Waals surface area (Å²) in [6, 6.07) is 21.8. The number of esters is 1. The Morgan fingerprint density at radius 3 is 1.46 bits per heavy atom. The van der Waals surface area contributed by atoms with Gasteiger partial charge in [0.15, 0.2) is 34.6 Å². The predicted molar refractivity (Wildman–Crippen MR) is 210 cm³/mol. The van der Waals surface area contributed by atoms with Crippen molar-refractivity contribution < 1.29 is 73.4 Å². The van der Waals surface area contributed by atoms with E-state index in [1.807, 2.05) is 55.4 Å². The Morgan fingerprint density at radius 2 is 1.04 bits per heavy atom. The molecule has 16 heteroatoms. The van der Waals surface area contributed by atoms with Crippen molar-refractivity contribution in [2.24, 2.45) is 0 Å². The molecule has 0 unspecified atom stereocenters. The standard InChI is InChI=1S/C21H21N3O4.C20H19N3O4.Na.H2O/c1-12(2)24(3)20-19(13-6-8-17-18(10-13)28-11-27-17)22-15-7-5-14(21(25)26-4)9-16(15)23-20;1-11(2)23(3)19-18(12-5-7-16-17(9-12)27-10-26-16)21-14-6-4-13(20(24)25)8-15(14)22-19;;/h5-10,12H,11H2,1-4H3;4-9,11H,10H2,1-3H3,(H,24,25);;1H2/q;;+1;/p-1. The Morgan fingerprint density at radius 1 is 0.614 bits per heavy atom. The molecule has 290 valence electrons. The Labute approximate surface area is 351 Å². The first-order valence-electron chi connectivity index (χ1n) is 17.6. The van der Waals surface area contributed by atoms with Crippen molar-refractivity contribution in [3.8, 4) is 45.5 Å². The molecule has 6 aromatic rings. The number of carboxylic acid groups (broad SMARTS) is 1. The number of hydrogen-bond donors (Lipinski definition) is 1. The van der Waals surface area contributed by atoms with Crippen molar-refractivity contribution in [3.63, 3.8) is 0 Å². The number of anilines is 2. The monoisotopic (exact) mass is 784 g/mol. The van der Waals surface area contributed by atoms with Crippen LogP contribution in [0.1, 0.15) is 48.4 Å². The molecule has 15 nitrogen and oxygen atoms in total. The third kappa shape index (κ3) is 8.66. The molecule has 0 aliphatic carbocycles. The molecule has 4 heterocycles. The van der Waals surface area contributed by atoms with Crippen molar-refractivity contribution in [1.29, 1.82) is 0 Å². The van der Waals surface area contributed by atoms with E-state index in [0.29, 0.717) is 56.4 Å². The molecule has 57 heavy (non-hydrogen) atoms. The van der Waals surface area contributed by atoms with E-state index in [1.165, 1.54) is 13.2 Å². The molecule has 2 N–H and O–H groups in total. The summed E-state index contributed by atoms with van der Waals surface area (Å²) in [6.45, 7) is 8.71. The van der Waals surface area contributed by atoms with Crippen LogP contribution in [0.2, 0.25) is 0 Å². The van der Waals surface area contributed by atoms with Crippen LogP contribution in [0.25, 0.3) is 44.6 Å². The molecule has 0 saturated carbocycles. The molecule has 2 aliphatic heterocycles. The molecule has 2 aliphatic rings. The van der Waals surface area contributed by atoms with Crippen LogP contribution < -0.4 is 58.3 Å². The van der Waals surface area contributed by atoms with Gasteiger partial charge in [-0.3, -0.25) is 0 Å². The zero-order valence-electron chi connectivity index (χ0n) is 32.9. The number of carboxylic acids is 1. The quantitative estimate of drug-likeness (QED) is 0.172. The maximum atomic E-state index is 11.9. The van der Waals surface area contributed by atoms with Gasteiger partial charge in [0.05, 0.1) is 40.3 Å². The minimum Gasteiger partial charge on any atom is -0.870 e. The number of methoxy groups -OCH3 is 1. The van der Waals surface area contributed by atoms with E-state index in [2.05, 4.69) is 32.6 Å². The Balaban J connectivity index is 0.000000210. The molecule has 0 saturated heterocycles. The van der Waals surface area contributed by atoms with E-state index in [9.17, 15) is 14.7 Å². The van der Waals surface area contributed by atoms with Gasteiger partial charge in [0.2, 0.25) is 13.6 Å². The summed E-state index contributed by atoms with van der Waals surface area (Å²) in [7, 11) is 5.28. The van der Waals surface area contributed by atoms with Gasteiger partial charge in [-0.05, 0) is 100 Å². The fourth-order valence-electron chi connectivity index (χ4n) is 5.92. The summed E-state index contributed by atoms with van der Waals surface area (Å²) in [4.78, 5) is 46.4. The fourth-order valence-corrected chi connectivity index (χ4v) is 5.92. The van der Waals surface area contributed by atoms with Crippen LogP contribution in [0.5, 0.6) is 23.0 Å². The molecule has 0 bridgehead atoms. The van der Waals surface area contributed by atoms with Gasteiger partial charge < -0.3 is 44.1 Å². The van der Waals surface area contributed by atoms with Gasteiger partial charge in [-0.1, -0.05) is 0 Å². The van der Waals surface area contributed by atoms with Crippen molar-refractivity contribution >= 4 is 45.6 Å². The topological polar surface area (TPSA) is 189 Å². The molecule has 0 atom stereocenters. The van der Waals surface area contributed by atoms with Crippen LogP contribution >= 0.6 is 0 Å². The van der Waals surface area contributed by atoms with Gasteiger partial charge in [0.1, 0.15) is 11.4 Å². The normalized spacial score (nSPS) is 12.1. The van der Waals surface area contributed by atoms with E-state index in [0.717, 1.165) is 28.4 Å². The summed E-state index contributed by atoms with van der Waals surface area (Å²) in [6.07, 6.45) is 0. The van der Waals surface area contributed by atoms with E-state index < -0.39 is 11.9 Å². The maximum absolute atomic E-state index is 11.9. The number of nitrogens with zero attached hydrogens (tertiary/aromatic N) is 6. The van der Waals surface area contributed by atoms with E-state index in [-0.39, 0.29) is 66.3 Å². The second-order valence-corrected chi connectivity index (χ2v) is 13.5. The first-order valence-corrected chi connectivity index (χ1v) is 17.6. The molecule has 8 rings (SSSR count). The summed E-state index contributed by atoms with van der Waals surface area (Å²) >= 11 is 0. The zero-order valence-corrected chi connectivity index (χ0v) is 34.9. The number of ether oxygens (including phenoxy) is 5. The molecular weight excluding hydrogens is 743 g/mol. The summed E-state index contributed by atoms with van der Waals surface area (Å²) in [5.74, 6) is 2.81. The number of carbonyl (C=O) groups is 2. The van der Waals surface area contributed by atoms with Crippen LogP contribution in [0.15, 0.2) is 72.8 Å². The average Bonchev–Trinajstić information content (AvgIpc) is 3.88. The van der Waals surface area contributed by atoms with Crippen molar-refractivity contribution in [2.45, 2.75) is 39.8 Å². The first-order chi connectivity index (χ1) is 26.4. The van der Waals surface area contributed by atoms with E-state index in [1.54, 1.807) is 30.3 Å². The summed E-state index contributed by atoms with van der Waals surface area (Å²) in [5.41, 5.74) is 6.33. The Kier molecular flexibility index (Phi) is 13.1. The first kappa shape index (κ1) is 42.4. The van der Waals surface area contributed by atoms with Crippen molar-refractivity contribution in [3.05, 3.63) is 83.9 Å². The minimum atomic E-state index is -0.989. The molecule has 0 radical (unpaired) electrons. The third-order valence-corrected chi connectivity index (χ3v) is 9.47. The van der Waals surface area contributed by atoms with Crippen molar-refractivity contribution in [1.82, 2.24) is 19.9 Å². The summed E-state index contributed by atoms with van der Waals surface area (Å²) in [5, 5.41) is 9.25. The molecule has 0 amide bonds. The molecule has 0 spiro atoms. The smallest absolute Gasteiger partial charge is 0.870 e. The second-order valence-electron chi connectivity index (χ2n) is 13.5. The van der Waals surface area contributed by atoms with Crippen LogP contribution in [-0.4, -0.2) is 89.3 Å². The van der Waals surface area contributed by atoms with Gasteiger partial charge in [0, 0.05) is 37.3 Å². The average molecular weight is 785 g/mol. The van der Waals surface area contributed by atoms with E-state index in [4.69, 9.17) is 43.6 Å². The summed E-state index contributed by atoms with van der Waals surface area (Å²) < 4.78 is 26.6. The molecule has 0 fully saturated rings. The predicted octanol–water partition coefficient (Wildman–Crippen LogP) is 4.05. The number of rotatable bonds is 8. The fraction of sp³-hybridized carbons (Fsp3) is 0.268. The van der Waals surface area contributed by atoms with Gasteiger partial charge in [-0.2, -0.15) is 0 Å². The van der Waals surface area contributed by atoms with Crippen LogP contribution in [0, 0.1) is 0 Å². The van der Waals surface area contributed by atoms with Crippen LogP contribution in [0.4, 0.5) is 11.6 Å². The van der Waals surface area contributed by atoms with Gasteiger partial charge >= 0.3 is 41.5 Å². The second kappa shape index (κ2) is 17.6. The number of hydrogen-bond acceptors (Lipinski definition) is 14. The molecule has 2 aromatic heterocycles. The van der Waals surface area contributed by atoms with E-state index >= 15 is 0 Å². The SMILES string of the molecule is CC(C)N(C)c1nc2cc(C(=O)O)ccc2nc1-c1ccc2c(c1)OCO2.COC(=O)c1ccc2nc(-c3ccc4c(c3)OCO4)c(N(C)C(C)C)nc2c1.[Na+].[OH-].